The molecule has 26 heavy (non-hydrogen) atoms. The standard InChI is InChI=1S/C19H23N5O2/c1-20-17(25)15-7-5-14(6-8-15)12-23-18(26)16-4-2-11-24(13-16)19-21-9-3-10-22-19/h3,5-10,16H,2,4,11-13H2,1H3,(H,20,25)(H,23,26). The number of piperidine rings is 1. The lowest BCUT2D eigenvalue weighted by Gasteiger charge is -2.31. The second-order valence-corrected chi connectivity index (χ2v) is 6.33. The van der Waals surface area contributed by atoms with Crippen LogP contribution in [0.2, 0.25) is 0 Å². The van der Waals surface area contributed by atoms with E-state index in [9.17, 15) is 9.59 Å². The Morgan fingerprint density at radius 2 is 1.92 bits per heavy atom. The van der Waals surface area contributed by atoms with E-state index in [4.69, 9.17) is 0 Å². The van der Waals surface area contributed by atoms with Crippen LogP contribution in [0.1, 0.15) is 28.8 Å². The first-order chi connectivity index (χ1) is 12.7. The summed E-state index contributed by atoms with van der Waals surface area (Å²) in [6.07, 6.45) is 5.24. The number of carbonyl (C=O) groups is 2. The molecule has 1 unspecified atom stereocenters. The molecule has 0 saturated carbocycles. The molecule has 0 radical (unpaired) electrons. The largest absolute Gasteiger partial charge is 0.355 e. The number of hydrogen-bond acceptors (Lipinski definition) is 5. The van der Waals surface area contributed by atoms with E-state index in [2.05, 4.69) is 25.5 Å². The van der Waals surface area contributed by atoms with E-state index in [0.29, 0.717) is 24.6 Å². The Kier molecular flexibility index (Phi) is 5.78. The molecule has 1 aliphatic heterocycles. The molecule has 136 valence electrons. The molecule has 1 aromatic heterocycles. The van der Waals surface area contributed by atoms with Gasteiger partial charge >= 0.3 is 0 Å². The van der Waals surface area contributed by atoms with E-state index in [1.807, 2.05) is 12.1 Å². The van der Waals surface area contributed by atoms with E-state index in [1.165, 1.54) is 0 Å². The van der Waals surface area contributed by atoms with Gasteiger partial charge in [0.2, 0.25) is 11.9 Å². The number of nitrogens with zero attached hydrogens (tertiary/aromatic N) is 3. The van der Waals surface area contributed by atoms with Crippen molar-refractivity contribution in [1.29, 1.82) is 0 Å². The van der Waals surface area contributed by atoms with Crippen molar-refractivity contribution in [2.75, 3.05) is 25.0 Å². The van der Waals surface area contributed by atoms with Crippen LogP contribution in [0.4, 0.5) is 5.95 Å². The van der Waals surface area contributed by atoms with Gasteiger partial charge in [0.25, 0.3) is 5.91 Å². The molecule has 2 N–H and O–H groups in total. The average molecular weight is 353 g/mol. The lowest BCUT2D eigenvalue weighted by Crippen LogP contribution is -2.43. The second-order valence-electron chi connectivity index (χ2n) is 6.33. The molecule has 7 heteroatoms. The van der Waals surface area contributed by atoms with Gasteiger partial charge in [0.1, 0.15) is 0 Å². The zero-order valence-electron chi connectivity index (χ0n) is 14.8. The predicted octanol–water partition coefficient (Wildman–Crippen LogP) is 1.37. The maximum absolute atomic E-state index is 12.5. The smallest absolute Gasteiger partial charge is 0.251 e. The lowest BCUT2D eigenvalue weighted by atomic mass is 9.97. The van der Waals surface area contributed by atoms with Gasteiger partial charge in [-0.3, -0.25) is 9.59 Å². The van der Waals surface area contributed by atoms with Crippen LogP contribution in [0.3, 0.4) is 0 Å². The first kappa shape index (κ1) is 17.8. The van der Waals surface area contributed by atoms with Crippen LogP contribution in [0, 0.1) is 5.92 Å². The van der Waals surface area contributed by atoms with Gasteiger partial charge in [-0.1, -0.05) is 12.1 Å². The van der Waals surface area contributed by atoms with Crippen LogP contribution in [0.25, 0.3) is 0 Å². The quantitative estimate of drug-likeness (QED) is 0.848. The van der Waals surface area contributed by atoms with Crippen molar-refractivity contribution in [2.45, 2.75) is 19.4 Å². The number of nitrogens with one attached hydrogen (secondary N) is 2. The van der Waals surface area contributed by atoms with Crippen LogP contribution in [0.15, 0.2) is 42.7 Å². The van der Waals surface area contributed by atoms with E-state index >= 15 is 0 Å². The first-order valence-electron chi connectivity index (χ1n) is 8.78. The first-order valence-corrected chi connectivity index (χ1v) is 8.78. The number of aromatic nitrogens is 2. The van der Waals surface area contributed by atoms with Crippen LogP contribution < -0.4 is 15.5 Å². The number of amides is 2. The molecular formula is C19H23N5O2. The number of anilines is 1. The van der Waals surface area contributed by atoms with Crippen molar-refractivity contribution < 1.29 is 9.59 Å². The fraction of sp³-hybridized carbons (Fsp3) is 0.368. The van der Waals surface area contributed by atoms with Gasteiger partial charge in [-0.25, -0.2) is 9.97 Å². The van der Waals surface area contributed by atoms with Crippen molar-refractivity contribution in [3.05, 3.63) is 53.9 Å². The Labute approximate surface area is 152 Å². The molecule has 1 saturated heterocycles. The normalized spacial score (nSPS) is 16.8. The molecule has 1 atom stereocenters. The highest BCUT2D eigenvalue weighted by molar-refractivity contribution is 5.93. The maximum Gasteiger partial charge on any atom is 0.251 e. The molecular weight excluding hydrogens is 330 g/mol. The Bertz CT molecular complexity index is 748. The fourth-order valence-electron chi connectivity index (χ4n) is 3.08. The van der Waals surface area contributed by atoms with Crippen LogP contribution in [-0.2, 0) is 11.3 Å². The summed E-state index contributed by atoms with van der Waals surface area (Å²) >= 11 is 0. The molecule has 1 fully saturated rings. The molecule has 2 aromatic rings. The molecule has 0 spiro atoms. The van der Waals surface area contributed by atoms with Gasteiger partial charge in [0, 0.05) is 44.6 Å². The van der Waals surface area contributed by atoms with Gasteiger partial charge < -0.3 is 15.5 Å². The van der Waals surface area contributed by atoms with Crippen LogP contribution in [-0.4, -0.2) is 41.9 Å². The van der Waals surface area contributed by atoms with Crippen LogP contribution in [0.5, 0.6) is 0 Å². The summed E-state index contributed by atoms with van der Waals surface area (Å²) in [4.78, 5) is 34.7. The minimum absolute atomic E-state index is 0.0426. The molecule has 0 aliphatic carbocycles. The summed E-state index contributed by atoms with van der Waals surface area (Å²) in [5, 5.41) is 5.58. The minimum atomic E-state index is -0.119. The predicted molar refractivity (Wildman–Crippen MR) is 98.6 cm³/mol. The number of benzene rings is 1. The number of rotatable bonds is 5. The number of hydrogen-bond donors (Lipinski definition) is 2. The van der Waals surface area contributed by atoms with Crippen molar-refractivity contribution in [3.63, 3.8) is 0 Å². The van der Waals surface area contributed by atoms with Gasteiger partial charge in [-0.15, -0.1) is 0 Å². The zero-order chi connectivity index (χ0) is 18.4. The van der Waals surface area contributed by atoms with Gasteiger partial charge in [0.15, 0.2) is 0 Å². The van der Waals surface area contributed by atoms with E-state index < -0.39 is 0 Å². The highest BCUT2D eigenvalue weighted by Gasteiger charge is 2.26. The Morgan fingerprint density at radius 1 is 1.19 bits per heavy atom. The van der Waals surface area contributed by atoms with Gasteiger partial charge in [0.05, 0.1) is 5.92 Å². The summed E-state index contributed by atoms with van der Waals surface area (Å²) in [5.74, 6) is 0.527. The van der Waals surface area contributed by atoms with Crippen molar-refractivity contribution in [3.8, 4) is 0 Å². The molecule has 1 aliphatic rings. The highest BCUT2D eigenvalue weighted by atomic mass is 16.2. The molecule has 7 nitrogen and oxygen atoms in total. The molecule has 2 amide bonds. The fourth-order valence-corrected chi connectivity index (χ4v) is 3.08. The topological polar surface area (TPSA) is 87.2 Å². The summed E-state index contributed by atoms with van der Waals surface area (Å²) < 4.78 is 0. The van der Waals surface area contributed by atoms with Gasteiger partial charge in [-0.05, 0) is 36.6 Å². The van der Waals surface area contributed by atoms with Crippen molar-refractivity contribution in [2.24, 2.45) is 5.92 Å². The summed E-state index contributed by atoms with van der Waals surface area (Å²) in [7, 11) is 1.60. The summed E-state index contributed by atoms with van der Waals surface area (Å²) in [5.41, 5.74) is 1.57. The summed E-state index contributed by atoms with van der Waals surface area (Å²) in [6, 6.07) is 9.02. The minimum Gasteiger partial charge on any atom is -0.355 e. The molecule has 1 aromatic carbocycles. The third-order valence-electron chi connectivity index (χ3n) is 4.54. The third kappa shape index (κ3) is 4.36. The Hall–Kier alpha value is -2.96. The van der Waals surface area contributed by atoms with E-state index in [0.717, 1.165) is 24.9 Å². The SMILES string of the molecule is CNC(=O)c1ccc(CNC(=O)C2CCCN(c3ncccn3)C2)cc1. The van der Waals surface area contributed by atoms with E-state index in [-0.39, 0.29) is 17.7 Å². The summed E-state index contributed by atoms with van der Waals surface area (Å²) in [6.45, 7) is 1.95. The molecule has 3 rings (SSSR count). The second kappa shape index (κ2) is 8.42. The maximum atomic E-state index is 12.5. The van der Waals surface area contributed by atoms with Crippen molar-refractivity contribution >= 4 is 17.8 Å². The number of carbonyl (C=O) groups excluding carboxylic acids is 2. The Balaban J connectivity index is 1.54. The molecule has 0 bridgehead atoms. The highest BCUT2D eigenvalue weighted by Crippen LogP contribution is 2.20. The van der Waals surface area contributed by atoms with Crippen molar-refractivity contribution in [1.82, 2.24) is 20.6 Å². The third-order valence-corrected chi connectivity index (χ3v) is 4.54. The molecule has 2 heterocycles. The van der Waals surface area contributed by atoms with E-state index in [1.54, 1.807) is 37.6 Å². The van der Waals surface area contributed by atoms with Gasteiger partial charge in [-0.2, -0.15) is 0 Å². The van der Waals surface area contributed by atoms with Crippen LogP contribution >= 0.6 is 0 Å². The monoisotopic (exact) mass is 353 g/mol. The Morgan fingerprint density at radius 3 is 2.62 bits per heavy atom. The average Bonchev–Trinajstić information content (AvgIpc) is 2.72. The lowest BCUT2D eigenvalue weighted by molar-refractivity contribution is -0.125. The zero-order valence-corrected chi connectivity index (χ0v) is 14.8.